The number of hydrogen-bond acceptors (Lipinski definition) is 5. The van der Waals surface area contributed by atoms with E-state index in [-0.39, 0.29) is 9.77 Å². The summed E-state index contributed by atoms with van der Waals surface area (Å²) in [7, 11) is -3.80. The minimum absolute atomic E-state index is 0.0455. The van der Waals surface area contributed by atoms with Gasteiger partial charge in [-0.15, -0.1) is 11.3 Å². The van der Waals surface area contributed by atoms with Gasteiger partial charge in [0.1, 0.15) is 9.77 Å². The number of thiophene rings is 1. The molecule has 0 bridgehead atoms. The monoisotopic (exact) mass is 464 g/mol. The normalized spacial score (nSPS) is 14.1. The molecule has 2 N–H and O–H groups in total. The van der Waals surface area contributed by atoms with Crippen LogP contribution >= 0.6 is 11.3 Å². The highest BCUT2D eigenvalue weighted by Crippen LogP contribution is 2.30. The van der Waals surface area contributed by atoms with Gasteiger partial charge in [0.15, 0.2) is 0 Å². The van der Waals surface area contributed by atoms with E-state index in [0.29, 0.717) is 25.2 Å². The molecule has 2 aromatic heterocycles. The molecule has 0 aliphatic carbocycles. The van der Waals surface area contributed by atoms with Crippen LogP contribution in [0.2, 0.25) is 0 Å². The van der Waals surface area contributed by atoms with Crippen molar-refractivity contribution in [1.82, 2.24) is 14.5 Å². The minimum Gasteiger partial charge on any atom is -0.321 e. The number of benzene rings is 2. The largest absolute Gasteiger partial charge is 0.321 e. The molecule has 0 saturated carbocycles. The Hall–Kier alpha value is -3.27. The smallest absolute Gasteiger partial charge is 0.267 e. The summed E-state index contributed by atoms with van der Waals surface area (Å²) in [5, 5.41) is 11.3. The molecule has 0 spiro atoms. The van der Waals surface area contributed by atoms with Crippen LogP contribution in [0.1, 0.15) is 20.8 Å². The summed E-state index contributed by atoms with van der Waals surface area (Å²) in [4.78, 5) is 13.2. The molecule has 5 rings (SSSR count). The van der Waals surface area contributed by atoms with Crippen LogP contribution in [-0.2, 0) is 23.0 Å². The maximum Gasteiger partial charge on any atom is 0.267 e. The fourth-order valence-corrected chi connectivity index (χ4v) is 6.56. The van der Waals surface area contributed by atoms with Crippen LogP contribution in [-0.4, -0.2) is 35.4 Å². The van der Waals surface area contributed by atoms with E-state index < -0.39 is 15.9 Å². The van der Waals surface area contributed by atoms with E-state index in [4.69, 9.17) is 0 Å². The predicted molar refractivity (Wildman–Crippen MR) is 124 cm³/mol. The van der Waals surface area contributed by atoms with Crippen molar-refractivity contribution >= 4 is 33.0 Å². The Kier molecular flexibility index (Phi) is 5.38. The Labute approximate surface area is 189 Å². The summed E-state index contributed by atoms with van der Waals surface area (Å²) in [6.45, 7) is 0.699. The van der Waals surface area contributed by atoms with E-state index in [1.54, 1.807) is 17.6 Å². The number of amides is 1. The molecular formula is C23H20N4O3S2. The SMILES string of the molecule is O=C(Nc1cccc(-c2ccn[nH]2)c1)c1sccc1S(=O)(=O)N1CCc2ccccc2C1. The minimum atomic E-state index is -3.80. The highest BCUT2D eigenvalue weighted by atomic mass is 32.2. The van der Waals surface area contributed by atoms with Gasteiger partial charge in [0.05, 0.1) is 5.69 Å². The highest BCUT2D eigenvalue weighted by molar-refractivity contribution is 7.89. The topological polar surface area (TPSA) is 95.2 Å². The van der Waals surface area contributed by atoms with Gasteiger partial charge < -0.3 is 5.32 Å². The first-order valence-electron chi connectivity index (χ1n) is 10.1. The molecule has 2 aromatic carbocycles. The second-order valence-corrected chi connectivity index (χ2v) is 10.3. The molecule has 9 heteroatoms. The number of anilines is 1. The van der Waals surface area contributed by atoms with Crippen molar-refractivity contribution < 1.29 is 13.2 Å². The van der Waals surface area contributed by atoms with E-state index in [9.17, 15) is 13.2 Å². The highest BCUT2D eigenvalue weighted by Gasteiger charge is 2.32. The van der Waals surface area contributed by atoms with Crippen LogP contribution in [0.25, 0.3) is 11.3 Å². The molecule has 4 aromatic rings. The molecule has 1 aliphatic heterocycles. The lowest BCUT2D eigenvalue weighted by atomic mass is 10.0. The fraction of sp³-hybridized carbons (Fsp3) is 0.130. The Morgan fingerprint density at radius 1 is 1.06 bits per heavy atom. The maximum atomic E-state index is 13.4. The van der Waals surface area contributed by atoms with Crippen LogP contribution < -0.4 is 5.32 Å². The van der Waals surface area contributed by atoms with Crippen molar-refractivity contribution in [1.29, 1.82) is 0 Å². The van der Waals surface area contributed by atoms with Gasteiger partial charge in [-0.1, -0.05) is 36.4 Å². The van der Waals surface area contributed by atoms with Crippen LogP contribution in [0.5, 0.6) is 0 Å². The van der Waals surface area contributed by atoms with Crippen molar-refractivity contribution in [3.8, 4) is 11.3 Å². The lowest BCUT2D eigenvalue weighted by Gasteiger charge is -2.28. The second-order valence-electron chi connectivity index (χ2n) is 7.48. The third-order valence-corrected chi connectivity index (χ3v) is 8.41. The number of aromatic nitrogens is 2. The number of sulfonamides is 1. The van der Waals surface area contributed by atoms with Gasteiger partial charge in [-0.3, -0.25) is 9.89 Å². The quantitative estimate of drug-likeness (QED) is 0.464. The molecular weight excluding hydrogens is 444 g/mol. The Morgan fingerprint density at radius 2 is 1.91 bits per heavy atom. The molecule has 3 heterocycles. The van der Waals surface area contributed by atoms with Crippen LogP contribution in [0.3, 0.4) is 0 Å². The summed E-state index contributed by atoms with van der Waals surface area (Å²) in [6.07, 6.45) is 2.31. The maximum absolute atomic E-state index is 13.4. The Bertz CT molecular complexity index is 1380. The first kappa shape index (κ1) is 20.6. The van der Waals surface area contributed by atoms with Crippen LogP contribution in [0, 0.1) is 0 Å². The van der Waals surface area contributed by atoms with Crippen LogP contribution in [0.4, 0.5) is 5.69 Å². The summed E-state index contributed by atoms with van der Waals surface area (Å²) in [6, 6.07) is 18.5. The summed E-state index contributed by atoms with van der Waals surface area (Å²) in [5.41, 5.74) is 4.43. The Morgan fingerprint density at radius 3 is 2.72 bits per heavy atom. The Balaban J connectivity index is 1.39. The molecule has 0 atom stereocenters. The second kappa shape index (κ2) is 8.34. The molecule has 32 heavy (non-hydrogen) atoms. The van der Waals surface area contributed by atoms with Crippen LogP contribution in [0.15, 0.2) is 77.1 Å². The third-order valence-electron chi connectivity index (χ3n) is 5.48. The predicted octanol–water partition coefficient (Wildman–Crippen LogP) is 4.14. The molecule has 0 unspecified atom stereocenters. The first-order chi connectivity index (χ1) is 15.5. The lowest BCUT2D eigenvalue weighted by molar-refractivity contribution is 0.102. The molecule has 0 fully saturated rings. The van der Waals surface area contributed by atoms with Crippen molar-refractivity contribution in [2.45, 2.75) is 17.9 Å². The zero-order chi connectivity index (χ0) is 22.1. The average molecular weight is 465 g/mol. The van der Waals surface area contributed by atoms with E-state index in [2.05, 4.69) is 15.5 Å². The molecule has 0 saturated heterocycles. The number of nitrogens with zero attached hydrogens (tertiary/aromatic N) is 2. The first-order valence-corrected chi connectivity index (χ1v) is 12.4. The number of hydrogen-bond donors (Lipinski definition) is 2. The third kappa shape index (κ3) is 3.86. The molecule has 7 nitrogen and oxygen atoms in total. The zero-order valence-corrected chi connectivity index (χ0v) is 18.6. The van der Waals surface area contributed by atoms with Gasteiger partial charge in [-0.05, 0) is 47.2 Å². The van der Waals surface area contributed by atoms with Crippen molar-refractivity contribution in [3.05, 3.63) is 88.2 Å². The average Bonchev–Trinajstić information content (AvgIpc) is 3.51. The number of carbonyl (C=O) groups excluding carboxylic acids is 1. The van der Waals surface area contributed by atoms with E-state index in [0.717, 1.165) is 28.2 Å². The molecule has 0 radical (unpaired) electrons. The van der Waals surface area contributed by atoms with E-state index in [1.807, 2.05) is 48.5 Å². The van der Waals surface area contributed by atoms with E-state index >= 15 is 0 Å². The molecule has 1 amide bonds. The van der Waals surface area contributed by atoms with Crippen molar-refractivity contribution in [2.24, 2.45) is 0 Å². The number of nitrogens with one attached hydrogen (secondary N) is 2. The van der Waals surface area contributed by atoms with Gasteiger partial charge >= 0.3 is 0 Å². The van der Waals surface area contributed by atoms with Crippen molar-refractivity contribution in [3.63, 3.8) is 0 Å². The summed E-state index contributed by atoms with van der Waals surface area (Å²) in [5.74, 6) is -0.447. The van der Waals surface area contributed by atoms with E-state index in [1.165, 1.54) is 15.9 Å². The molecule has 1 aliphatic rings. The number of rotatable bonds is 5. The zero-order valence-electron chi connectivity index (χ0n) is 17.0. The van der Waals surface area contributed by atoms with Gasteiger partial charge in [0.2, 0.25) is 10.0 Å². The van der Waals surface area contributed by atoms with Gasteiger partial charge in [0, 0.05) is 30.5 Å². The number of carbonyl (C=O) groups is 1. The molecule has 162 valence electrons. The van der Waals surface area contributed by atoms with Gasteiger partial charge in [0.25, 0.3) is 5.91 Å². The van der Waals surface area contributed by atoms with Crippen molar-refractivity contribution in [2.75, 3.05) is 11.9 Å². The summed E-state index contributed by atoms with van der Waals surface area (Å²) >= 11 is 1.12. The number of aromatic amines is 1. The van der Waals surface area contributed by atoms with Gasteiger partial charge in [-0.25, -0.2) is 8.42 Å². The standard InChI is InChI=1S/C23H20N4O3S2/c28-23(25-19-7-3-6-17(14-19)20-8-11-24-26-20)22-21(10-13-31-22)32(29,30)27-12-9-16-4-1-2-5-18(16)15-27/h1-8,10-11,13-14H,9,12,15H2,(H,24,26)(H,25,28). The van der Waals surface area contributed by atoms with Gasteiger partial charge in [-0.2, -0.15) is 9.40 Å². The lowest BCUT2D eigenvalue weighted by Crippen LogP contribution is -2.36. The number of H-pyrrole nitrogens is 1. The summed E-state index contributed by atoms with van der Waals surface area (Å²) < 4.78 is 28.2. The fourth-order valence-electron chi connectivity index (χ4n) is 3.85. The number of fused-ring (bicyclic) bond motifs is 1.